The molecule has 140 valence electrons. The number of anilines is 1. The van der Waals surface area contributed by atoms with Gasteiger partial charge in [-0.25, -0.2) is 0 Å². The van der Waals surface area contributed by atoms with E-state index < -0.39 is 0 Å². The topological polar surface area (TPSA) is 51.4 Å². The molecule has 2 aromatic carbocycles. The SMILES string of the molecule is CN(C)c1cccc(-c2nnc(C3(c4ccc(Br)cc4)CCOCC3)o2)c1. The van der Waals surface area contributed by atoms with Crippen LogP contribution in [-0.4, -0.2) is 37.5 Å². The maximum atomic E-state index is 6.22. The summed E-state index contributed by atoms with van der Waals surface area (Å²) >= 11 is 3.52. The Kier molecular flexibility index (Phi) is 5.02. The highest BCUT2D eigenvalue weighted by molar-refractivity contribution is 9.10. The molecule has 0 radical (unpaired) electrons. The van der Waals surface area contributed by atoms with Gasteiger partial charge in [0.25, 0.3) is 0 Å². The van der Waals surface area contributed by atoms with E-state index in [0.717, 1.165) is 28.6 Å². The van der Waals surface area contributed by atoms with Gasteiger partial charge >= 0.3 is 0 Å². The first-order valence-electron chi connectivity index (χ1n) is 9.04. The second-order valence-corrected chi connectivity index (χ2v) is 7.97. The van der Waals surface area contributed by atoms with Gasteiger partial charge in [-0.05, 0) is 48.7 Å². The van der Waals surface area contributed by atoms with Gasteiger partial charge in [-0.15, -0.1) is 10.2 Å². The van der Waals surface area contributed by atoms with Gasteiger partial charge < -0.3 is 14.1 Å². The molecule has 4 rings (SSSR count). The minimum absolute atomic E-state index is 0.302. The van der Waals surface area contributed by atoms with Crippen LogP contribution in [0.25, 0.3) is 11.5 Å². The minimum atomic E-state index is -0.302. The van der Waals surface area contributed by atoms with Crippen LogP contribution in [0.2, 0.25) is 0 Å². The van der Waals surface area contributed by atoms with Crippen molar-refractivity contribution in [2.75, 3.05) is 32.2 Å². The molecule has 0 bridgehead atoms. The summed E-state index contributed by atoms with van der Waals surface area (Å²) in [5.41, 5.74) is 2.91. The van der Waals surface area contributed by atoms with Gasteiger partial charge in [0.2, 0.25) is 11.8 Å². The fourth-order valence-corrected chi connectivity index (χ4v) is 3.83. The Morgan fingerprint density at radius 3 is 2.44 bits per heavy atom. The Balaban J connectivity index is 1.74. The molecule has 0 amide bonds. The Morgan fingerprint density at radius 2 is 1.74 bits per heavy atom. The predicted molar refractivity (Wildman–Crippen MR) is 109 cm³/mol. The monoisotopic (exact) mass is 427 g/mol. The van der Waals surface area contributed by atoms with E-state index in [9.17, 15) is 0 Å². The fourth-order valence-electron chi connectivity index (χ4n) is 3.57. The van der Waals surface area contributed by atoms with Crippen molar-refractivity contribution in [2.24, 2.45) is 0 Å². The summed E-state index contributed by atoms with van der Waals surface area (Å²) in [7, 11) is 4.03. The van der Waals surface area contributed by atoms with Gasteiger partial charge in [0, 0.05) is 43.0 Å². The molecule has 1 aromatic heterocycles. The zero-order valence-corrected chi connectivity index (χ0v) is 17.1. The van der Waals surface area contributed by atoms with Crippen molar-refractivity contribution in [3.63, 3.8) is 0 Å². The van der Waals surface area contributed by atoms with Crippen molar-refractivity contribution >= 4 is 21.6 Å². The van der Waals surface area contributed by atoms with E-state index in [0.29, 0.717) is 25.0 Å². The zero-order chi connectivity index (χ0) is 18.9. The third-order valence-corrected chi connectivity index (χ3v) is 5.72. The maximum absolute atomic E-state index is 6.22. The van der Waals surface area contributed by atoms with Crippen LogP contribution in [0.4, 0.5) is 5.69 Å². The summed E-state index contributed by atoms with van der Waals surface area (Å²) in [4.78, 5) is 2.06. The van der Waals surface area contributed by atoms with Crippen molar-refractivity contribution < 1.29 is 9.15 Å². The highest BCUT2D eigenvalue weighted by Gasteiger charge is 2.41. The number of ether oxygens (including phenoxy) is 1. The molecule has 1 fully saturated rings. The summed E-state index contributed by atoms with van der Waals surface area (Å²) in [5.74, 6) is 1.22. The summed E-state index contributed by atoms with van der Waals surface area (Å²) in [5, 5.41) is 8.83. The average molecular weight is 428 g/mol. The van der Waals surface area contributed by atoms with E-state index in [2.05, 4.69) is 67.4 Å². The van der Waals surface area contributed by atoms with Crippen LogP contribution < -0.4 is 4.90 Å². The molecule has 2 heterocycles. The molecule has 0 spiro atoms. The van der Waals surface area contributed by atoms with Gasteiger partial charge in [0.05, 0.1) is 5.41 Å². The molecule has 0 saturated carbocycles. The lowest BCUT2D eigenvalue weighted by Gasteiger charge is -2.34. The first kappa shape index (κ1) is 18.2. The van der Waals surface area contributed by atoms with Crippen LogP contribution in [0.3, 0.4) is 0 Å². The van der Waals surface area contributed by atoms with E-state index in [-0.39, 0.29) is 5.41 Å². The minimum Gasteiger partial charge on any atom is -0.420 e. The van der Waals surface area contributed by atoms with Crippen molar-refractivity contribution in [3.05, 3.63) is 64.5 Å². The highest BCUT2D eigenvalue weighted by Crippen LogP contribution is 2.41. The van der Waals surface area contributed by atoms with E-state index >= 15 is 0 Å². The van der Waals surface area contributed by atoms with Crippen LogP contribution >= 0.6 is 15.9 Å². The highest BCUT2D eigenvalue weighted by atomic mass is 79.9. The molecule has 0 N–H and O–H groups in total. The number of benzene rings is 2. The lowest BCUT2D eigenvalue weighted by molar-refractivity contribution is 0.0546. The number of hydrogen-bond donors (Lipinski definition) is 0. The third kappa shape index (κ3) is 3.51. The van der Waals surface area contributed by atoms with Crippen molar-refractivity contribution in [2.45, 2.75) is 18.3 Å². The van der Waals surface area contributed by atoms with Crippen molar-refractivity contribution in [3.8, 4) is 11.5 Å². The number of aromatic nitrogens is 2. The Bertz CT molecular complexity index is 915. The molecule has 6 heteroatoms. The van der Waals surface area contributed by atoms with Crippen LogP contribution in [0.15, 0.2) is 57.4 Å². The average Bonchev–Trinajstić information content (AvgIpc) is 3.20. The Hall–Kier alpha value is -2.18. The molecule has 27 heavy (non-hydrogen) atoms. The van der Waals surface area contributed by atoms with Crippen LogP contribution in [0, 0.1) is 0 Å². The van der Waals surface area contributed by atoms with Gasteiger partial charge in [0.15, 0.2) is 0 Å². The fraction of sp³-hybridized carbons (Fsp3) is 0.333. The second-order valence-electron chi connectivity index (χ2n) is 7.06. The van der Waals surface area contributed by atoms with E-state index in [1.165, 1.54) is 5.56 Å². The van der Waals surface area contributed by atoms with Gasteiger partial charge in [0.1, 0.15) is 0 Å². The second kappa shape index (κ2) is 7.44. The molecule has 0 atom stereocenters. The van der Waals surface area contributed by atoms with E-state index in [4.69, 9.17) is 9.15 Å². The van der Waals surface area contributed by atoms with E-state index in [1.54, 1.807) is 0 Å². The van der Waals surface area contributed by atoms with Crippen molar-refractivity contribution in [1.82, 2.24) is 10.2 Å². The number of halogens is 1. The lowest BCUT2D eigenvalue weighted by Crippen LogP contribution is -2.35. The molecule has 0 aliphatic carbocycles. The first-order valence-corrected chi connectivity index (χ1v) is 9.83. The molecule has 1 aliphatic heterocycles. The van der Waals surface area contributed by atoms with Gasteiger partial charge in [-0.3, -0.25) is 0 Å². The summed E-state index contributed by atoms with van der Waals surface area (Å²) in [6, 6.07) is 16.5. The largest absolute Gasteiger partial charge is 0.420 e. The molecule has 1 saturated heterocycles. The van der Waals surface area contributed by atoms with Crippen molar-refractivity contribution in [1.29, 1.82) is 0 Å². The molecule has 5 nitrogen and oxygen atoms in total. The molecule has 1 aliphatic rings. The molecule has 3 aromatic rings. The summed E-state index contributed by atoms with van der Waals surface area (Å²) in [6.45, 7) is 1.37. The smallest absolute Gasteiger partial charge is 0.247 e. The maximum Gasteiger partial charge on any atom is 0.247 e. The normalized spacial score (nSPS) is 16.3. The standard InChI is InChI=1S/C21H22BrN3O2/c1-25(2)18-5-3-4-15(14-18)19-23-24-20(27-19)21(10-12-26-13-11-21)16-6-8-17(22)9-7-16/h3-9,14H,10-13H2,1-2H3. The molecular weight excluding hydrogens is 406 g/mol. The predicted octanol–water partition coefficient (Wildman–Crippen LogP) is 4.66. The third-order valence-electron chi connectivity index (χ3n) is 5.19. The number of nitrogens with zero attached hydrogens (tertiary/aromatic N) is 3. The van der Waals surface area contributed by atoms with Crippen LogP contribution in [0.5, 0.6) is 0 Å². The summed E-state index contributed by atoms with van der Waals surface area (Å²) < 4.78 is 12.9. The Labute approximate surface area is 167 Å². The number of hydrogen-bond acceptors (Lipinski definition) is 5. The summed E-state index contributed by atoms with van der Waals surface area (Å²) in [6.07, 6.45) is 1.65. The molecular formula is C21H22BrN3O2. The van der Waals surface area contributed by atoms with Crippen LogP contribution in [-0.2, 0) is 10.2 Å². The van der Waals surface area contributed by atoms with Gasteiger partial charge in [-0.1, -0.05) is 34.1 Å². The number of rotatable bonds is 4. The quantitative estimate of drug-likeness (QED) is 0.605. The Morgan fingerprint density at radius 1 is 1.00 bits per heavy atom. The van der Waals surface area contributed by atoms with Crippen LogP contribution in [0.1, 0.15) is 24.3 Å². The lowest BCUT2D eigenvalue weighted by atomic mass is 9.74. The zero-order valence-electron chi connectivity index (χ0n) is 15.5. The first-order chi connectivity index (χ1) is 13.1. The van der Waals surface area contributed by atoms with Gasteiger partial charge in [-0.2, -0.15) is 0 Å². The molecule has 0 unspecified atom stereocenters. The van der Waals surface area contributed by atoms with E-state index in [1.807, 2.05) is 26.2 Å².